The monoisotopic (exact) mass is 291 g/mol. The maximum atomic E-state index is 12.5. The van der Waals surface area contributed by atoms with E-state index in [1.54, 1.807) is 43.4 Å². The molecule has 0 spiro atoms. The van der Waals surface area contributed by atoms with Gasteiger partial charge in [0.2, 0.25) is 0 Å². The molecule has 2 aromatic rings. The lowest BCUT2D eigenvalue weighted by molar-refractivity contribution is 0.227. The van der Waals surface area contributed by atoms with Crippen molar-refractivity contribution in [2.45, 2.75) is 6.54 Å². The van der Waals surface area contributed by atoms with Crippen LogP contribution in [0.5, 0.6) is 0 Å². The molecule has 2 heterocycles. The van der Waals surface area contributed by atoms with Crippen LogP contribution >= 0.6 is 0 Å². The molecule has 20 heavy (non-hydrogen) atoms. The maximum Gasteiger partial charge on any atom is 0.340 e. The van der Waals surface area contributed by atoms with E-state index in [4.69, 9.17) is 0 Å². The van der Waals surface area contributed by atoms with Gasteiger partial charge in [-0.15, -0.1) is 0 Å². The minimum Gasteiger partial charge on any atom is -0.281 e. The second-order valence-corrected chi connectivity index (χ2v) is 6.23. The van der Waals surface area contributed by atoms with E-state index >= 15 is 0 Å². The highest BCUT2D eigenvalue weighted by Crippen LogP contribution is 2.27. The molecule has 6 nitrogen and oxygen atoms in total. The summed E-state index contributed by atoms with van der Waals surface area (Å²) in [6.07, 6.45) is 1.44. The fourth-order valence-electron chi connectivity index (χ4n) is 2.18. The van der Waals surface area contributed by atoms with Crippen LogP contribution in [0.1, 0.15) is 5.56 Å². The summed E-state index contributed by atoms with van der Waals surface area (Å²) in [5, 5.41) is 0. The number of carbonyl (C=O) groups is 1. The molecule has 1 aromatic carbocycles. The molecule has 3 rings (SSSR count). The van der Waals surface area contributed by atoms with Crippen molar-refractivity contribution in [3.8, 4) is 0 Å². The number of carbonyl (C=O) groups excluding carboxylic acids is 1. The first-order valence-corrected chi connectivity index (χ1v) is 7.44. The fourth-order valence-corrected chi connectivity index (χ4v) is 3.67. The molecule has 0 unspecified atom stereocenters. The number of anilines is 1. The Bertz CT molecular complexity index is 752. The highest BCUT2D eigenvalue weighted by atomic mass is 32.2. The molecule has 0 N–H and O–H groups in total. The Morgan fingerprint density at radius 3 is 2.45 bits per heavy atom. The molecule has 1 aliphatic rings. The normalized spacial score (nSPS) is 17.1. The van der Waals surface area contributed by atoms with Crippen molar-refractivity contribution in [1.82, 2.24) is 8.28 Å². The van der Waals surface area contributed by atoms with Crippen LogP contribution in [0, 0.1) is 0 Å². The van der Waals surface area contributed by atoms with E-state index in [0.717, 1.165) is 13.8 Å². The van der Waals surface area contributed by atoms with Crippen molar-refractivity contribution in [2.24, 2.45) is 0 Å². The third-order valence-corrected chi connectivity index (χ3v) is 4.88. The van der Waals surface area contributed by atoms with Gasteiger partial charge in [-0.1, -0.05) is 30.3 Å². The van der Waals surface area contributed by atoms with Crippen LogP contribution in [-0.2, 0) is 16.8 Å². The fraction of sp³-hybridized carbons (Fsp3) is 0.154. The van der Waals surface area contributed by atoms with Crippen LogP contribution in [0.25, 0.3) is 0 Å². The van der Waals surface area contributed by atoms with E-state index in [1.807, 2.05) is 6.07 Å². The molecule has 0 radical (unpaired) electrons. The van der Waals surface area contributed by atoms with Gasteiger partial charge in [0.15, 0.2) is 0 Å². The van der Waals surface area contributed by atoms with Gasteiger partial charge in [0.25, 0.3) is 0 Å². The summed E-state index contributed by atoms with van der Waals surface area (Å²) < 4.78 is 26.9. The van der Waals surface area contributed by atoms with E-state index in [0.29, 0.717) is 5.82 Å². The molecular weight excluding hydrogens is 278 g/mol. The molecule has 0 fully saturated rings. The number of aromatic nitrogens is 1. The van der Waals surface area contributed by atoms with Gasteiger partial charge in [0.05, 0.1) is 6.54 Å². The Morgan fingerprint density at radius 2 is 1.75 bits per heavy atom. The highest BCUT2D eigenvalue weighted by molar-refractivity contribution is 7.88. The van der Waals surface area contributed by atoms with Crippen LogP contribution in [0.2, 0.25) is 0 Å². The number of hydrogen-bond donors (Lipinski definition) is 0. The number of rotatable bonds is 2. The van der Waals surface area contributed by atoms with Gasteiger partial charge in [0.1, 0.15) is 5.82 Å². The zero-order valence-electron chi connectivity index (χ0n) is 10.8. The van der Waals surface area contributed by atoms with Gasteiger partial charge in [-0.25, -0.2) is 8.77 Å². The van der Waals surface area contributed by atoms with Gasteiger partial charge >= 0.3 is 16.2 Å². The first-order chi connectivity index (χ1) is 9.51. The van der Waals surface area contributed by atoms with Crippen LogP contribution in [0.3, 0.4) is 0 Å². The number of nitrogens with zero attached hydrogens (tertiary/aromatic N) is 3. The minimum atomic E-state index is -3.86. The van der Waals surface area contributed by atoms with Crippen molar-refractivity contribution in [2.75, 3.05) is 11.9 Å². The van der Waals surface area contributed by atoms with E-state index < -0.39 is 16.2 Å². The molecule has 0 atom stereocenters. The lowest BCUT2D eigenvalue weighted by Gasteiger charge is -2.33. The summed E-state index contributed by atoms with van der Waals surface area (Å²) in [4.78, 5) is 13.6. The summed E-state index contributed by atoms with van der Waals surface area (Å²) in [6.45, 7) is 0.0178. The Labute approximate surface area is 117 Å². The predicted octanol–water partition coefficient (Wildman–Crippen LogP) is 1.65. The summed E-state index contributed by atoms with van der Waals surface area (Å²) in [5.74, 6) is 0.347. The second-order valence-electron chi connectivity index (χ2n) is 4.50. The van der Waals surface area contributed by atoms with E-state index in [-0.39, 0.29) is 6.54 Å². The molecule has 2 amide bonds. The Morgan fingerprint density at radius 1 is 1.05 bits per heavy atom. The number of urea groups is 1. The average Bonchev–Trinajstić information content (AvgIpc) is 2.93. The number of fused-ring (bicyclic) bond motifs is 1. The number of hydrogen-bond acceptors (Lipinski definition) is 3. The number of benzene rings is 1. The molecule has 1 aliphatic heterocycles. The average molecular weight is 291 g/mol. The smallest absolute Gasteiger partial charge is 0.281 e. The Balaban J connectivity index is 2.06. The van der Waals surface area contributed by atoms with Crippen molar-refractivity contribution >= 4 is 22.1 Å². The Hall–Kier alpha value is -2.28. The summed E-state index contributed by atoms with van der Waals surface area (Å²) in [6, 6.07) is 11.7. The quantitative estimate of drug-likeness (QED) is 0.845. The van der Waals surface area contributed by atoms with E-state index in [2.05, 4.69) is 0 Å². The van der Waals surface area contributed by atoms with E-state index in [1.165, 1.54) is 11.1 Å². The highest BCUT2D eigenvalue weighted by Gasteiger charge is 2.38. The summed E-state index contributed by atoms with van der Waals surface area (Å²) in [5.41, 5.74) is 0.758. The van der Waals surface area contributed by atoms with Gasteiger partial charge in [-0.3, -0.25) is 4.90 Å². The topological polar surface area (TPSA) is 62.6 Å². The summed E-state index contributed by atoms with van der Waals surface area (Å²) >= 11 is 0. The molecule has 0 bridgehead atoms. The maximum absolute atomic E-state index is 12.5. The van der Waals surface area contributed by atoms with Gasteiger partial charge in [-0.05, 0) is 17.7 Å². The molecule has 7 heteroatoms. The minimum absolute atomic E-state index is 0.0178. The molecule has 0 aliphatic carbocycles. The standard InChI is InChI=1S/C13H13N3O3S/c1-14-12-8-5-9-15(12)20(18,19)16(13(14)17)10-11-6-3-2-4-7-11/h2-9H,10H2,1H3. The lowest BCUT2D eigenvalue weighted by atomic mass is 10.2. The van der Waals surface area contributed by atoms with Crippen LogP contribution in [-0.4, -0.2) is 29.8 Å². The van der Waals surface area contributed by atoms with Crippen molar-refractivity contribution in [3.05, 3.63) is 54.2 Å². The second kappa shape index (κ2) is 4.38. The van der Waals surface area contributed by atoms with Crippen molar-refractivity contribution < 1.29 is 13.2 Å². The van der Waals surface area contributed by atoms with Gasteiger partial charge in [-0.2, -0.15) is 12.7 Å². The molecular formula is C13H13N3O3S. The van der Waals surface area contributed by atoms with Gasteiger partial charge in [0, 0.05) is 13.2 Å². The van der Waals surface area contributed by atoms with Crippen LogP contribution in [0.15, 0.2) is 48.7 Å². The largest absolute Gasteiger partial charge is 0.340 e. The first-order valence-electron chi connectivity index (χ1n) is 6.04. The molecule has 104 valence electrons. The van der Waals surface area contributed by atoms with E-state index in [9.17, 15) is 13.2 Å². The van der Waals surface area contributed by atoms with Crippen molar-refractivity contribution in [3.63, 3.8) is 0 Å². The third-order valence-electron chi connectivity index (χ3n) is 3.23. The number of amides is 2. The zero-order valence-corrected chi connectivity index (χ0v) is 11.6. The first kappa shape index (κ1) is 12.7. The lowest BCUT2D eigenvalue weighted by Crippen LogP contribution is -2.51. The molecule has 0 saturated carbocycles. The summed E-state index contributed by atoms with van der Waals surface area (Å²) in [7, 11) is -2.30. The third kappa shape index (κ3) is 1.78. The van der Waals surface area contributed by atoms with Gasteiger partial charge < -0.3 is 0 Å². The Kier molecular flexibility index (Phi) is 2.79. The van der Waals surface area contributed by atoms with Crippen LogP contribution in [0.4, 0.5) is 10.6 Å². The SMILES string of the molecule is CN1C(=O)N(Cc2ccccc2)S(=O)(=O)n2cccc21. The molecule has 1 aromatic heterocycles. The predicted molar refractivity (Wildman–Crippen MR) is 74.5 cm³/mol. The van der Waals surface area contributed by atoms with Crippen LogP contribution < -0.4 is 4.90 Å². The zero-order chi connectivity index (χ0) is 14.3. The molecule has 0 saturated heterocycles. The van der Waals surface area contributed by atoms with Crippen molar-refractivity contribution in [1.29, 1.82) is 0 Å².